The quantitative estimate of drug-likeness (QED) is 0.642. The van der Waals surface area contributed by atoms with E-state index in [9.17, 15) is 4.79 Å². The summed E-state index contributed by atoms with van der Waals surface area (Å²) >= 11 is 0. The van der Waals surface area contributed by atoms with Crippen molar-refractivity contribution in [3.63, 3.8) is 0 Å². The van der Waals surface area contributed by atoms with Gasteiger partial charge in [-0.15, -0.1) is 0 Å². The molecule has 5 heteroatoms. The Kier molecular flexibility index (Phi) is 8.49. The molecule has 0 fully saturated rings. The van der Waals surface area contributed by atoms with Crippen LogP contribution in [-0.2, 0) is 13.1 Å². The van der Waals surface area contributed by atoms with Gasteiger partial charge in [-0.3, -0.25) is 0 Å². The van der Waals surface area contributed by atoms with Gasteiger partial charge in [-0.05, 0) is 50.2 Å². The molecule has 0 aliphatic rings. The predicted octanol–water partition coefficient (Wildman–Crippen LogP) is 3.41. The number of hydrogen-bond donors (Lipinski definition) is 2. The van der Waals surface area contributed by atoms with Crippen LogP contribution in [-0.4, -0.2) is 37.7 Å². The topological polar surface area (TPSA) is 53.6 Å². The summed E-state index contributed by atoms with van der Waals surface area (Å²) in [5.41, 5.74) is 2.32. The van der Waals surface area contributed by atoms with E-state index < -0.39 is 0 Å². The lowest BCUT2D eigenvalue weighted by Gasteiger charge is -2.16. The molecule has 5 nitrogen and oxygen atoms in total. The van der Waals surface area contributed by atoms with Gasteiger partial charge in [0.05, 0.1) is 6.61 Å². The highest BCUT2D eigenvalue weighted by atomic mass is 16.5. The molecule has 0 heterocycles. The fraction of sp³-hybridized carbons (Fsp3) is 0.381. The SMILES string of the molecule is CCOc1cccc(CNC(=O)NCCCN(C)Cc2ccccc2)c1. The Hall–Kier alpha value is -2.53. The molecule has 0 saturated carbocycles. The molecule has 2 aromatic carbocycles. The third-order valence-electron chi connectivity index (χ3n) is 3.96. The van der Waals surface area contributed by atoms with Crippen molar-refractivity contribution in [1.29, 1.82) is 0 Å². The van der Waals surface area contributed by atoms with Crippen LogP contribution in [0.15, 0.2) is 54.6 Å². The second-order valence-electron chi connectivity index (χ2n) is 6.27. The van der Waals surface area contributed by atoms with Crippen LogP contribution in [0, 0.1) is 0 Å². The lowest BCUT2D eigenvalue weighted by molar-refractivity contribution is 0.239. The summed E-state index contributed by atoms with van der Waals surface area (Å²) in [6.45, 7) is 5.59. The molecule has 0 spiro atoms. The van der Waals surface area contributed by atoms with Gasteiger partial charge in [0, 0.05) is 19.6 Å². The van der Waals surface area contributed by atoms with Crippen molar-refractivity contribution < 1.29 is 9.53 Å². The maximum absolute atomic E-state index is 11.9. The van der Waals surface area contributed by atoms with Gasteiger partial charge < -0.3 is 20.3 Å². The fourth-order valence-corrected chi connectivity index (χ4v) is 2.68. The largest absolute Gasteiger partial charge is 0.494 e. The molecule has 2 amide bonds. The Morgan fingerprint density at radius 2 is 1.81 bits per heavy atom. The first-order valence-corrected chi connectivity index (χ1v) is 9.13. The number of carbonyl (C=O) groups excluding carboxylic acids is 1. The molecule has 2 rings (SSSR count). The van der Waals surface area contributed by atoms with Gasteiger partial charge in [0.2, 0.25) is 0 Å². The highest BCUT2D eigenvalue weighted by molar-refractivity contribution is 5.73. The van der Waals surface area contributed by atoms with Crippen molar-refractivity contribution in [3.8, 4) is 5.75 Å². The molecule has 0 atom stereocenters. The number of benzene rings is 2. The highest BCUT2D eigenvalue weighted by Gasteiger charge is 2.03. The van der Waals surface area contributed by atoms with E-state index in [-0.39, 0.29) is 6.03 Å². The van der Waals surface area contributed by atoms with Crippen LogP contribution < -0.4 is 15.4 Å². The number of hydrogen-bond acceptors (Lipinski definition) is 3. The molecule has 0 aliphatic carbocycles. The van der Waals surface area contributed by atoms with E-state index in [1.165, 1.54) is 5.56 Å². The zero-order valence-electron chi connectivity index (χ0n) is 15.7. The summed E-state index contributed by atoms with van der Waals surface area (Å²) in [5.74, 6) is 0.827. The average molecular weight is 355 g/mol. The average Bonchev–Trinajstić information content (AvgIpc) is 2.65. The molecule has 26 heavy (non-hydrogen) atoms. The molecule has 2 N–H and O–H groups in total. The van der Waals surface area contributed by atoms with Crippen molar-refractivity contribution >= 4 is 6.03 Å². The Balaban J connectivity index is 1.59. The molecular formula is C21H29N3O2. The Bertz CT molecular complexity index is 661. The van der Waals surface area contributed by atoms with Crippen molar-refractivity contribution in [1.82, 2.24) is 15.5 Å². The molecule has 2 aromatic rings. The van der Waals surface area contributed by atoms with Crippen LogP contribution >= 0.6 is 0 Å². The third-order valence-corrected chi connectivity index (χ3v) is 3.96. The zero-order valence-corrected chi connectivity index (χ0v) is 15.7. The van der Waals surface area contributed by atoms with Gasteiger partial charge in [-0.2, -0.15) is 0 Å². The number of carbonyl (C=O) groups is 1. The first kappa shape index (κ1) is 19.8. The first-order valence-electron chi connectivity index (χ1n) is 9.13. The van der Waals surface area contributed by atoms with E-state index in [0.717, 1.165) is 30.8 Å². The van der Waals surface area contributed by atoms with Gasteiger partial charge in [0.1, 0.15) is 5.75 Å². The summed E-state index contributed by atoms with van der Waals surface area (Å²) in [7, 11) is 2.10. The minimum Gasteiger partial charge on any atom is -0.494 e. The van der Waals surface area contributed by atoms with E-state index in [2.05, 4.69) is 46.8 Å². The lowest BCUT2D eigenvalue weighted by atomic mass is 10.2. The van der Waals surface area contributed by atoms with E-state index >= 15 is 0 Å². The van der Waals surface area contributed by atoms with Crippen molar-refractivity contribution in [2.75, 3.05) is 26.7 Å². The summed E-state index contributed by atoms with van der Waals surface area (Å²) in [4.78, 5) is 14.2. The Labute approximate surface area is 156 Å². The normalized spacial score (nSPS) is 10.6. The van der Waals surface area contributed by atoms with E-state index in [4.69, 9.17) is 4.74 Å². The van der Waals surface area contributed by atoms with Gasteiger partial charge in [0.25, 0.3) is 0 Å². The predicted molar refractivity (Wildman–Crippen MR) is 105 cm³/mol. The van der Waals surface area contributed by atoms with Crippen molar-refractivity contribution in [3.05, 3.63) is 65.7 Å². The molecule has 140 valence electrons. The van der Waals surface area contributed by atoms with Crippen LogP contribution in [0.4, 0.5) is 4.79 Å². The van der Waals surface area contributed by atoms with Crippen LogP contribution in [0.1, 0.15) is 24.5 Å². The number of nitrogens with zero attached hydrogens (tertiary/aromatic N) is 1. The smallest absolute Gasteiger partial charge is 0.315 e. The Morgan fingerprint density at radius 1 is 1.04 bits per heavy atom. The summed E-state index contributed by atoms with van der Waals surface area (Å²) in [6, 6.07) is 18.0. The highest BCUT2D eigenvalue weighted by Crippen LogP contribution is 2.12. The second kappa shape index (κ2) is 11.2. The molecule has 0 aromatic heterocycles. The number of ether oxygens (including phenoxy) is 1. The summed E-state index contributed by atoms with van der Waals surface area (Å²) in [6.07, 6.45) is 0.913. The monoisotopic (exact) mass is 355 g/mol. The van der Waals surface area contributed by atoms with Crippen LogP contribution in [0.5, 0.6) is 5.75 Å². The summed E-state index contributed by atoms with van der Waals surface area (Å²) < 4.78 is 5.46. The van der Waals surface area contributed by atoms with Crippen LogP contribution in [0.25, 0.3) is 0 Å². The van der Waals surface area contributed by atoms with Gasteiger partial charge in [-0.1, -0.05) is 42.5 Å². The van der Waals surface area contributed by atoms with E-state index in [0.29, 0.717) is 19.7 Å². The number of rotatable bonds is 10. The number of nitrogens with one attached hydrogen (secondary N) is 2. The van der Waals surface area contributed by atoms with Crippen molar-refractivity contribution in [2.24, 2.45) is 0 Å². The Morgan fingerprint density at radius 3 is 2.58 bits per heavy atom. The van der Waals surface area contributed by atoms with Crippen LogP contribution in [0.3, 0.4) is 0 Å². The van der Waals surface area contributed by atoms with Gasteiger partial charge in [0.15, 0.2) is 0 Å². The van der Waals surface area contributed by atoms with E-state index in [1.807, 2.05) is 37.3 Å². The zero-order chi connectivity index (χ0) is 18.6. The molecule has 0 bridgehead atoms. The van der Waals surface area contributed by atoms with Crippen molar-refractivity contribution in [2.45, 2.75) is 26.4 Å². The standard InChI is InChI=1S/C21H29N3O2/c1-3-26-20-12-7-11-19(15-20)16-23-21(25)22-13-8-14-24(2)17-18-9-5-4-6-10-18/h4-7,9-12,15H,3,8,13-14,16-17H2,1-2H3,(H2,22,23,25). The molecule has 0 radical (unpaired) electrons. The molecule has 0 aliphatic heterocycles. The molecule has 0 unspecified atom stereocenters. The van der Waals surface area contributed by atoms with Crippen LogP contribution in [0.2, 0.25) is 0 Å². The third kappa shape index (κ3) is 7.57. The minimum absolute atomic E-state index is 0.141. The minimum atomic E-state index is -0.141. The molecule has 0 saturated heterocycles. The fourth-order valence-electron chi connectivity index (χ4n) is 2.68. The summed E-state index contributed by atoms with van der Waals surface area (Å²) in [5, 5.41) is 5.78. The maximum atomic E-state index is 11.9. The van der Waals surface area contributed by atoms with Gasteiger partial charge >= 0.3 is 6.03 Å². The second-order valence-corrected chi connectivity index (χ2v) is 6.27. The van der Waals surface area contributed by atoms with Gasteiger partial charge in [-0.25, -0.2) is 4.79 Å². The first-order chi connectivity index (χ1) is 12.7. The maximum Gasteiger partial charge on any atom is 0.315 e. The number of urea groups is 1. The molecular weight excluding hydrogens is 326 g/mol. The van der Waals surface area contributed by atoms with E-state index in [1.54, 1.807) is 0 Å². The number of amides is 2. The lowest BCUT2D eigenvalue weighted by Crippen LogP contribution is -2.36.